The number of esters is 2. The minimum absolute atomic E-state index is 0.0345. The van der Waals surface area contributed by atoms with Crippen molar-refractivity contribution in [2.75, 3.05) is 7.11 Å². The van der Waals surface area contributed by atoms with Gasteiger partial charge in [-0.15, -0.1) is 0 Å². The fourth-order valence-corrected chi connectivity index (χ4v) is 2.43. The number of nitro benzene ring substituents is 1. The summed E-state index contributed by atoms with van der Waals surface area (Å²) in [5.41, 5.74) is 0.920. The number of benzene rings is 2. The second-order valence-corrected chi connectivity index (χ2v) is 5.64. The number of nitrogens with zero attached hydrogens (tertiary/aromatic N) is 2. The van der Waals surface area contributed by atoms with E-state index in [1.54, 1.807) is 12.1 Å². The standard InChI is InChI=1S/C19H14N2O7/c1-11(22)27-17-10-12(3-8-16(17)26-2)9-15-19(23)28-18(20-15)13-4-6-14(7-5-13)21(24)25/h3-10H,1-2H3. The van der Waals surface area contributed by atoms with Gasteiger partial charge in [0.05, 0.1) is 12.0 Å². The molecule has 0 saturated carbocycles. The van der Waals surface area contributed by atoms with E-state index in [2.05, 4.69) is 4.99 Å². The van der Waals surface area contributed by atoms with Crippen LogP contribution in [0.4, 0.5) is 5.69 Å². The van der Waals surface area contributed by atoms with Crippen LogP contribution in [0.3, 0.4) is 0 Å². The Balaban J connectivity index is 1.90. The van der Waals surface area contributed by atoms with Crippen molar-refractivity contribution in [1.29, 1.82) is 0 Å². The molecule has 2 aromatic carbocycles. The predicted molar refractivity (Wildman–Crippen MR) is 98.0 cm³/mol. The Kier molecular flexibility index (Phi) is 5.16. The summed E-state index contributed by atoms with van der Waals surface area (Å²) in [6.07, 6.45) is 1.47. The molecule has 9 nitrogen and oxygen atoms in total. The lowest BCUT2D eigenvalue weighted by molar-refractivity contribution is -0.384. The summed E-state index contributed by atoms with van der Waals surface area (Å²) in [6.45, 7) is 1.26. The topological polar surface area (TPSA) is 117 Å². The molecule has 9 heteroatoms. The Hall–Kier alpha value is -4.01. The molecule has 0 N–H and O–H groups in total. The number of hydrogen-bond donors (Lipinski definition) is 0. The van der Waals surface area contributed by atoms with Gasteiger partial charge in [0.25, 0.3) is 5.69 Å². The van der Waals surface area contributed by atoms with E-state index in [0.29, 0.717) is 16.9 Å². The van der Waals surface area contributed by atoms with Gasteiger partial charge in [-0.1, -0.05) is 6.07 Å². The van der Waals surface area contributed by atoms with Crippen LogP contribution in [0.2, 0.25) is 0 Å². The molecule has 2 aromatic rings. The monoisotopic (exact) mass is 382 g/mol. The molecule has 142 valence electrons. The summed E-state index contributed by atoms with van der Waals surface area (Å²) in [5.74, 6) is -0.573. The number of aliphatic imine (C=N–C) groups is 1. The summed E-state index contributed by atoms with van der Waals surface area (Å²) in [5, 5.41) is 10.7. The lowest BCUT2D eigenvalue weighted by atomic mass is 10.1. The molecule has 0 unspecified atom stereocenters. The Bertz CT molecular complexity index is 1020. The second-order valence-electron chi connectivity index (χ2n) is 5.64. The van der Waals surface area contributed by atoms with Crippen LogP contribution >= 0.6 is 0 Å². The van der Waals surface area contributed by atoms with E-state index in [1.165, 1.54) is 50.4 Å². The molecule has 0 amide bonds. The van der Waals surface area contributed by atoms with E-state index in [9.17, 15) is 19.7 Å². The zero-order valence-corrected chi connectivity index (χ0v) is 14.9. The Morgan fingerprint density at radius 2 is 1.89 bits per heavy atom. The van der Waals surface area contributed by atoms with Crippen molar-refractivity contribution < 1.29 is 28.7 Å². The zero-order chi connectivity index (χ0) is 20.3. The second kappa shape index (κ2) is 7.70. The maximum atomic E-state index is 12.1. The van der Waals surface area contributed by atoms with Gasteiger partial charge in [0, 0.05) is 24.6 Å². The molecule has 0 spiro atoms. The number of methoxy groups -OCH3 is 1. The molecule has 0 aromatic heterocycles. The molecular weight excluding hydrogens is 368 g/mol. The van der Waals surface area contributed by atoms with Crippen molar-refractivity contribution in [2.45, 2.75) is 6.92 Å². The lowest BCUT2D eigenvalue weighted by Gasteiger charge is -2.08. The zero-order valence-electron chi connectivity index (χ0n) is 14.9. The van der Waals surface area contributed by atoms with E-state index in [1.807, 2.05) is 0 Å². The van der Waals surface area contributed by atoms with Crippen molar-refractivity contribution in [3.8, 4) is 11.5 Å². The average molecular weight is 382 g/mol. The molecule has 3 rings (SSSR count). The van der Waals surface area contributed by atoms with Crippen molar-refractivity contribution in [3.05, 3.63) is 69.4 Å². The first-order chi connectivity index (χ1) is 13.4. The van der Waals surface area contributed by atoms with Crippen LogP contribution in [0.25, 0.3) is 6.08 Å². The highest BCUT2D eigenvalue weighted by molar-refractivity contribution is 6.12. The first-order valence-corrected chi connectivity index (χ1v) is 8.01. The van der Waals surface area contributed by atoms with E-state index in [4.69, 9.17) is 14.2 Å². The SMILES string of the molecule is COc1ccc(C=C2N=C(c3ccc([N+](=O)[O-])cc3)OC2=O)cc1OC(C)=O. The summed E-state index contributed by atoms with van der Waals surface area (Å²) >= 11 is 0. The van der Waals surface area contributed by atoms with Gasteiger partial charge in [0.1, 0.15) is 0 Å². The Morgan fingerprint density at radius 1 is 1.18 bits per heavy atom. The van der Waals surface area contributed by atoms with Gasteiger partial charge in [-0.3, -0.25) is 14.9 Å². The van der Waals surface area contributed by atoms with Gasteiger partial charge in [-0.2, -0.15) is 0 Å². The fraction of sp³-hybridized carbons (Fsp3) is 0.105. The number of ether oxygens (including phenoxy) is 3. The van der Waals surface area contributed by atoms with E-state index in [-0.39, 0.29) is 23.0 Å². The van der Waals surface area contributed by atoms with Crippen LogP contribution in [0.15, 0.2) is 53.2 Å². The van der Waals surface area contributed by atoms with E-state index >= 15 is 0 Å². The molecule has 0 atom stereocenters. The number of hydrogen-bond acceptors (Lipinski definition) is 8. The van der Waals surface area contributed by atoms with Crippen LogP contribution in [0.1, 0.15) is 18.1 Å². The Labute approximate surface area is 159 Å². The third kappa shape index (κ3) is 4.04. The minimum atomic E-state index is -0.668. The smallest absolute Gasteiger partial charge is 0.363 e. The highest BCUT2D eigenvalue weighted by atomic mass is 16.6. The highest BCUT2D eigenvalue weighted by Gasteiger charge is 2.24. The van der Waals surface area contributed by atoms with Gasteiger partial charge in [0.15, 0.2) is 17.2 Å². The normalized spacial score (nSPS) is 14.4. The maximum Gasteiger partial charge on any atom is 0.363 e. The molecule has 0 fully saturated rings. The number of rotatable bonds is 5. The largest absolute Gasteiger partial charge is 0.493 e. The van der Waals surface area contributed by atoms with Crippen molar-refractivity contribution in [3.63, 3.8) is 0 Å². The quantitative estimate of drug-likeness (QED) is 0.256. The first kappa shape index (κ1) is 18.8. The maximum absolute atomic E-state index is 12.1. The van der Waals surface area contributed by atoms with Crippen LogP contribution < -0.4 is 9.47 Å². The Morgan fingerprint density at radius 3 is 2.50 bits per heavy atom. The molecule has 0 saturated heterocycles. The lowest BCUT2D eigenvalue weighted by Crippen LogP contribution is -2.05. The number of non-ortho nitro benzene ring substituents is 1. The van der Waals surface area contributed by atoms with Crippen LogP contribution in [0.5, 0.6) is 11.5 Å². The van der Waals surface area contributed by atoms with Gasteiger partial charge < -0.3 is 14.2 Å². The van der Waals surface area contributed by atoms with Crippen molar-refractivity contribution in [2.24, 2.45) is 4.99 Å². The minimum Gasteiger partial charge on any atom is -0.493 e. The molecule has 28 heavy (non-hydrogen) atoms. The van der Waals surface area contributed by atoms with Crippen molar-refractivity contribution >= 4 is 29.6 Å². The molecule has 0 radical (unpaired) electrons. The van der Waals surface area contributed by atoms with Gasteiger partial charge in [-0.25, -0.2) is 9.79 Å². The third-order valence-electron chi connectivity index (χ3n) is 3.69. The average Bonchev–Trinajstić information content (AvgIpc) is 3.02. The first-order valence-electron chi connectivity index (χ1n) is 8.01. The molecule has 1 heterocycles. The van der Waals surface area contributed by atoms with Crippen LogP contribution in [-0.4, -0.2) is 29.9 Å². The fourth-order valence-electron chi connectivity index (χ4n) is 2.43. The number of carbonyl (C=O) groups excluding carboxylic acids is 2. The molecule has 1 aliphatic rings. The molecular formula is C19H14N2O7. The molecule has 1 aliphatic heterocycles. The van der Waals surface area contributed by atoms with Gasteiger partial charge in [0.2, 0.25) is 5.90 Å². The van der Waals surface area contributed by atoms with Crippen LogP contribution in [0, 0.1) is 10.1 Å². The summed E-state index contributed by atoms with van der Waals surface area (Å²) in [7, 11) is 1.44. The number of cyclic esters (lactones) is 1. The number of nitro groups is 1. The summed E-state index contributed by atoms with van der Waals surface area (Å²) < 4.78 is 15.4. The predicted octanol–water partition coefficient (Wildman–Crippen LogP) is 2.87. The number of carbonyl (C=O) groups is 2. The summed E-state index contributed by atoms with van der Waals surface area (Å²) in [4.78, 5) is 37.7. The highest BCUT2D eigenvalue weighted by Crippen LogP contribution is 2.30. The van der Waals surface area contributed by atoms with E-state index < -0.39 is 16.9 Å². The molecule has 0 aliphatic carbocycles. The van der Waals surface area contributed by atoms with Crippen LogP contribution in [-0.2, 0) is 14.3 Å². The van der Waals surface area contributed by atoms with E-state index in [0.717, 1.165) is 0 Å². The van der Waals surface area contributed by atoms with Gasteiger partial charge in [-0.05, 0) is 35.9 Å². The van der Waals surface area contributed by atoms with Crippen molar-refractivity contribution in [1.82, 2.24) is 0 Å². The third-order valence-corrected chi connectivity index (χ3v) is 3.69. The summed E-state index contributed by atoms with van der Waals surface area (Å²) in [6, 6.07) is 10.3. The van der Waals surface area contributed by atoms with Gasteiger partial charge >= 0.3 is 11.9 Å². The molecule has 0 bridgehead atoms.